The van der Waals surface area contributed by atoms with E-state index in [9.17, 15) is 8.42 Å². The van der Waals surface area contributed by atoms with Crippen LogP contribution in [0.5, 0.6) is 0 Å². The van der Waals surface area contributed by atoms with Crippen molar-refractivity contribution in [3.63, 3.8) is 0 Å². The molecular formula is C16H21NO2S2. The highest BCUT2D eigenvalue weighted by molar-refractivity contribution is 7.91. The molecule has 1 atom stereocenters. The molecule has 2 rings (SSSR count). The van der Waals surface area contributed by atoms with Gasteiger partial charge in [0.15, 0.2) is 9.84 Å². The second-order valence-electron chi connectivity index (χ2n) is 4.92. The van der Waals surface area contributed by atoms with Gasteiger partial charge in [-0.15, -0.1) is 11.3 Å². The largest absolute Gasteiger partial charge is 0.377 e. The van der Waals surface area contributed by atoms with Gasteiger partial charge in [0.1, 0.15) is 0 Å². The summed E-state index contributed by atoms with van der Waals surface area (Å²) in [4.78, 5) is 2.94. The third-order valence-corrected chi connectivity index (χ3v) is 6.63. The van der Waals surface area contributed by atoms with Crippen molar-refractivity contribution in [2.24, 2.45) is 0 Å². The number of aryl methyl sites for hydroxylation is 1. The Kier molecular flexibility index (Phi) is 5.06. The van der Waals surface area contributed by atoms with Crippen molar-refractivity contribution in [3.8, 4) is 0 Å². The van der Waals surface area contributed by atoms with Gasteiger partial charge in [-0.05, 0) is 37.6 Å². The molecule has 0 saturated carbocycles. The smallest absolute Gasteiger partial charge is 0.180 e. The Morgan fingerprint density at radius 3 is 2.48 bits per heavy atom. The Balaban J connectivity index is 2.27. The van der Waals surface area contributed by atoms with E-state index in [1.54, 1.807) is 30.4 Å². The maximum Gasteiger partial charge on any atom is 0.180 e. The molecule has 1 aromatic carbocycles. The van der Waals surface area contributed by atoms with Crippen molar-refractivity contribution in [1.29, 1.82) is 0 Å². The quantitative estimate of drug-likeness (QED) is 0.863. The Hall–Kier alpha value is -1.33. The first-order valence-electron chi connectivity index (χ1n) is 7.14. The molecule has 0 aliphatic heterocycles. The summed E-state index contributed by atoms with van der Waals surface area (Å²) in [7, 11) is -3.22. The van der Waals surface area contributed by atoms with Crippen LogP contribution < -0.4 is 5.32 Å². The highest BCUT2D eigenvalue weighted by Crippen LogP contribution is 2.29. The van der Waals surface area contributed by atoms with Crippen LogP contribution in [0.15, 0.2) is 41.3 Å². The monoisotopic (exact) mass is 323 g/mol. The second kappa shape index (κ2) is 6.62. The first-order chi connectivity index (χ1) is 9.97. The minimum absolute atomic E-state index is 0.0866. The Labute approximate surface area is 130 Å². The van der Waals surface area contributed by atoms with E-state index < -0.39 is 9.84 Å². The summed E-state index contributed by atoms with van der Waals surface area (Å²) in [6.45, 7) is 5.86. The van der Waals surface area contributed by atoms with Gasteiger partial charge in [0, 0.05) is 9.75 Å². The number of sulfone groups is 1. The van der Waals surface area contributed by atoms with Crippen molar-refractivity contribution in [3.05, 3.63) is 46.2 Å². The van der Waals surface area contributed by atoms with Gasteiger partial charge in [-0.3, -0.25) is 0 Å². The molecule has 0 saturated heterocycles. The van der Waals surface area contributed by atoms with Crippen molar-refractivity contribution >= 4 is 26.9 Å². The van der Waals surface area contributed by atoms with E-state index >= 15 is 0 Å². The number of hydrogen-bond acceptors (Lipinski definition) is 4. The standard InChI is InChI=1S/C16H21NO2S2/c1-4-13-10-11-15(20-13)12(3)17-14-8-6-7-9-16(14)21(18,19)5-2/h6-12,17H,4-5H2,1-3H3. The normalized spacial score (nSPS) is 13.1. The van der Waals surface area contributed by atoms with Gasteiger partial charge >= 0.3 is 0 Å². The summed E-state index contributed by atoms with van der Waals surface area (Å²) in [6, 6.07) is 11.4. The number of para-hydroxylation sites is 1. The molecule has 0 bridgehead atoms. The molecule has 0 amide bonds. The zero-order chi connectivity index (χ0) is 15.5. The van der Waals surface area contributed by atoms with Crippen LogP contribution in [-0.4, -0.2) is 14.2 Å². The molecule has 0 aliphatic carbocycles. The fourth-order valence-electron chi connectivity index (χ4n) is 2.13. The number of benzene rings is 1. The van der Waals surface area contributed by atoms with Crippen LogP contribution in [0.3, 0.4) is 0 Å². The van der Waals surface area contributed by atoms with Gasteiger partial charge in [0.2, 0.25) is 0 Å². The zero-order valence-electron chi connectivity index (χ0n) is 12.6. The lowest BCUT2D eigenvalue weighted by atomic mass is 10.2. The number of anilines is 1. The molecule has 1 aromatic heterocycles. The highest BCUT2D eigenvalue weighted by Gasteiger charge is 2.18. The molecule has 5 heteroatoms. The van der Waals surface area contributed by atoms with Crippen LogP contribution in [-0.2, 0) is 16.3 Å². The fraction of sp³-hybridized carbons (Fsp3) is 0.375. The SMILES string of the molecule is CCc1ccc(C(C)Nc2ccccc2S(=O)(=O)CC)s1. The molecule has 114 valence electrons. The molecule has 2 aromatic rings. The van der Waals surface area contributed by atoms with Gasteiger partial charge in [-0.2, -0.15) is 0 Å². The average molecular weight is 323 g/mol. The molecule has 1 N–H and O–H groups in total. The number of hydrogen-bond donors (Lipinski definition) is 1. The summed E-state index contributed by atoms with van der Waals surface area (Å²) in [5, 5.41) is 3.34. The van der Waals surface area contributed by atoms with E-state index in [1.807, 2.05) is 12.1 Å². The summed E-state index contributed by atoms with van der Waals surface area (Å²) in [5.74, 6) is 0.110. The Morgan fingerprint density at radius 2 is 1.86 bits per heavy atom. The third kappa shape index (κ3) is 3.66. The first-order valence-corrected chi connectivity index (χ1v) is 9.61. The molecule has 1 unspecified atom stereocenters. The summed E-state index contributed by atoms with van der Waals surface area (Å²) < 4.78 is 24.3. The lowest BCUT2D eigenvalue weighted by Gasteiger charge is -2.17. The van der Waals surface area contributed by atoms with Gasteiger partial charge in [0.05, 0.1) is 22.4 Å². The molecule has 0 aliphatic rings. The van der Waals surface area contributed by atoms with E-state index in [-0.39, 0.29) is 11.8 Å². The van der Waals surface area contributed by atoms with Crippen LogP contribution in [0.2, 0.25) is 0 Å². The average Bonchev–Trinajstić information content (AvgIpc) is 2.96. The number of rotatable bonds is 6. The minimum Gasteiger partial charge on any atom is -0.377 e. The zero-order valence-corrected chi connectivity index (χ0v) is 14.2. The molecule has 21 heavy (non-hydrogen) atoms. The predicted molar refractivity (Wildman–Crippen MR) is 89.9 cm³/mol. The maximum absolute atomic E-state index is 12.2. The van der Waals surface area contributed by atoms with Crippen LogP contribution in [0, 0.1) is 0 Å². The van der Waals surface area contributed by atoms with Crippen LogP contribution in [0.1, 0.15) is 36.6 Å². The molecule has 0 fully saturated rings. The van der Waals surface area contributed by atoms with Crippen LogP contribution >= 0.6 is 11.3 Å². The Bertz CT molecular complexity index is 705. The lowest BCUT2D eigenvalue weighted by Crippen LogP contribution is -2.11. The Morgan fingerprint density at radius 1 is 1.14 bits per heavy atom. The highest BCUT2D eigenvalue weighted by atomic mass is 32.2. The summed E-state index contributed by atoms with van der Waals surface area (Å²) in [6.07, 6.45) is 1.03. The van der Waals surface area contributed by atoms with Gasteiger partial charge in [0.25, 0.3) is 0 Å². The van der Waals surface area contributed by atoms with Crippen molar-refractivity contribution in [2.75, 3.05) is 11.1 Å². The second-order valence-corrected chi connectivity index (χ2v) is 8.37. The van der Waals surface area contributed by atoms with Crippen LogP contribution in [0.4, 0.5) is 5.69 Å². The number of nitrogens with one attached hydrogen (secondary N) is 1. The first kappa shape index (κ1) is 16.0. The van der Waals surface area contributed by atoms with Crippen LogP contribution in [0.25, 0.3) is 0 Å². The van der Waals surface area contributed by atoms with Gasteiger partial charge in [-0.25, -0.2) is 8.42 Å². The molecule has 0 radical (unpaired) electrons. The van der Waals surface area contributed by atoms with Crippen molar-refractivity contribution in [2.45, 2.75) is 38.1 Å². The van der Waals surface area contributed by atoms with E-state index in [4.69, 9.17) is 0 Å². The maximum atomic E-state index is 12.2. The lowest BCUT2D eigenvalue weighted by molar-refractivity contribution is 0.597. The fourth-order valence-corrected chi connectivity index (χ4v) is 4.15. The van der Waals surface area contributed by atoms with Crippen molar-refractivity contribution in [1.82, 2.24) is 0 Å². The van der Waals surface area contributed by atoms with Gasteiger partial charge < -0.3 is 5.32 Å². The molecular weight excluding hydrogens is 302 g/mol. The topological polar surface area (TPSA) is 46.2 Å². The van der Waals surface area contributed by atoms with E-state index in [2.05, 4.69) is 31.3 Å². The van der Waals surface area contributed by atoms with E-state index in [0.717, 1.165) is 6.42 Å². The molecule has 3 nitrogen and oxygen atoms in total. The number of thiophene rings is 1. The van der Waals surface area contributed by atoms with Crippen molar-refractivity contribution < 1.29 is 8.42 Å². The summed E-state index contributed by atoms with van der Waals surface area (Å²) >= 11 is 1.77. The van der Waals surface area contributed by atoms with E-state index in [0.29, 0.717) is 10.6 Å². The minimum atomic E-state index is -3.22. The molecule has 0 spiro atoms. The molecule has 1 heterocycles. The van der Waals surface area contributed by atoms with Gasteiger partial charge in [-0.1, -0.05) is 26.0 Å². The predicted octanol–water partition coefficient (Wildman–Crippen LogP) is 4.28. The third-order valence-electron chi connectivity index (χ3n) is 3.43. The van der Waals surface area contributed by atoms with E-state index in [1.165, 1.54) is 9.75 Å². The summed E-state index contributed by atoms with van der Waals surface area (Å²) in [5.41, 5.74) is 0.679.